The molecule has 1 aliphatic rings. The topological polar surface area (TPSA) is 106 Å². The first-order valence-corrected chi connectivity index (χ1v) is 11.6. The van der Waals surface area contributed by atoms with Crippen LogP contribution < -0.4 is 9.47 Å². The van der Waals surface area contributed by atoms with Crippen molar-refractivity contribution in [2.24, 2.45) is 0 Å². The highest BCUT2D eigenvalue weighted by molar-refractivity contribution is 7.17. The predicted molar refractivity (Wildman–Crippen MR) is 125 cm³/mol. The molecule has 1 aliphatic carbocycles. The maximum atomic E-state index is 11.2. The zero-order valence-electron chi connectivity index (χ0n) is 18.2. The maximum absolute atomic E-state index is 11.2. The fourth-order valence-electron chi connectivity index (χ4n) is 4.05. The Hall–Kier alpha value is -3.39. The van der Waals surface area contributed by atoms with Crippen molar-refractivity contribution in [2.75, 3.05) is 13.2 Å². The Bertz CT molecular complexity index is 1150. The largest absolute Gasteiger partial charge is 0.493 e. The molecule has 0 bridgehead atoms. The van der Waals surface area contributed by atoms with Gasteiger partial charge in [0.15, 0.2) is 0 Å². The Balaban J connectivity index is 1.23. The lowest BCUT2D eigenvalue weighted by molar-refractivity contribution is -0.137. The van der Waals surface area contributed by atoms with Gasteiger partial charge in [0.2, 0.25) is 0 Å². The number of aromatic nitrogens is 1. The maximum Gasteiger partial charge on any atom is 0.347 e. The van der Waals surface area contributed by atoms with E-state index in [0.717, 1.165) is 46.8 Å². The summed E-state index contributed by atoms with van der Waals surface area (Å²) in [5.41, 5.74) is 3.68. The van der Waals surface area contributed by atoms with Gasteiger partial charge in [0.25, 0.3) is 0 Å². The highest BCUT2D eigenvalue weighted by atomic mass is 32.1. The fraction of sp³-hybridized carbons (Fsp3) is 0.320. The summed E-state index contributed by atoms with van der Waals surface area (Å²) in [6, 6.07) is 13.4. The lowest BCUT2D eigenvalue weighted by atomic mass is 9.98. The van der Waals surface area contributed by atoms with Crippen LogP contribution in [0.3, 0.4) is 0 Å². The molecule has 0 saturated carbocycles. The molecule has 4 rings (SSSR count). The summed E-state index contributed by atoms with van der Waals surface area (Å²) >= 11 is 1.16. The summed E-state index contributed by atoms with van der Waals surface area (Å²) in [4.78, 5) is 26.8. The third-order valence-corrected chi connectivity index (χ3v) is 6.85. The van der Waals surface area contributed by atoms with E-state index >= 15 is 0 Å². The molecule has 0 saturated heterocycles. The highest BCUT2D eigenvalue weighted by Crippen LogP contribution is 2.37. The summed E-state index contributed by atoms with van der Waals surface area (Å²) in [7, 11) is 0. The summed E-state index contributed by atoms with van der Waals surface area (Å²) in [6.45, 7) is 2.72. The van der Waals surface area contributed by atoms with Crippen LogP contribution >= 0.6 is 11.3 Å². The number of aryl methyl sites for hydroxylation is 2. The molecule has 0 spiro atoms. The zero-order valence-corrected chi connectivity index (χ0v) is 19.1. The molecule has 172 valence electrons. The molecule has 0 unspecified atom stereocenters. The third kappa shape index (κ3) is 5.51. The number of fused-ring (bicyclic) bond motifs is 1. The Labute approximate surface area is 195 Å². The van der Waals surface area contributed by atoms with E-state index in [4.69, 9.17) is 14.6 Å². The number of carboxylic acids is 2. The lowest BCUT2D eigenvalue weighted by Gasteiger charge is -2.11. The molecule has 1 atom stereocenters. The van der Waals surface area contributed by atoms with Crippen molar-refractivity contribution >= 4 is 23.3 Å². The third-order valence-electron chi connectivity index (χ3n) is 5.66. The van der Waals surface area contributed by atoms with E-state index in [1.54, 1.807) is 6.92 Å². The Morgan fingerprint density at radius 2 is 1.76 bits per heavy atom. The fourth-order valence-corrected chi connectivity index (χ4v) is 4.96. The summed E-state index contributed by atoms with van der Waals surface area (Å²) in [5.74, 6) is -0.0830. The number of ether oxygens (including phenoxy) is 2. The number of carbonyl (C=O) groups is 2. The van der Waals surface area contributed by atoms with Crippen molar-refractivity contribution in [3.05, 3.63) is 64.2 Å². The molecule has 2 aromatic carbocycles. The second kappa shape index (κ2) is 10.0. The number of carboxylic acid groups (broad SMARTS) is 2. The van der Waals surface area contributed by atoms with Crippen LogP contribution in [0, 0.1) is 6.92 Å². The van der Waals surface area contributed by atoms with Crippen molar-refractivity contribution < 1.29 is 29.3 Å². The summed E-state index contributed by atoms with van der Waals surface area (Å²) < 4.78 is 11.6. The van der Waals surface area contributed by atoms with Gasteiger partial charge >= 0.3 is 11.9 Å². The number of aliphatic carboxylic acids is 1. The van der Waals surface area contributed by atoms with Gasteiger partial charge < -0.3 is 19.7 Å². The van der Waals surface area contributed by atoms with Crippen LogP contribution in [0.25, 0.3) is 10.6 Å². The molecule has 8 heteroatoms. The van der Waals surface area contributed by atoms with E-state index in [-0.39, 0.29) is 17.2 Å². The molecule has 1 aromatic heterocycles. The molecule has 0 fully saturated rings. The first-order chi connectivity index (χ1) is 15.9. The van der Waals surface area contributed by atoms with E-state index in [9.17, 15) is 14.7 Å². The van der Waals surface area contributed by atoms with Gasteiger partial charge in [-0.15, -0.1) is 11.3 Å². The first-order valence-electron chi connectivity index (χ1n) is 10.8. The molecule has 0 aliphatic heterocycles. The van der Waals surface area contributed by atoms with Crippen LogP contribution in [0.2, 0.25) is 0 Å². The van der Waals surface area contributed by atoms with Gasteiger partial charge in [0, 0.05) is 12.0 Å². The smallest absolute Gasteiger partial charge is 0.347 e. The van der Waals surface area contributed by atoms with Crippen LogP contribution in [0.15, 0.2) is 42.5 Å². The minimum absolute atomic E-state index is 0.102. The summed E-state index contributed by atoms with van der Waals surface area (Å²) in [5, 5.41) is 18.9. The number of hydrogen-bond donors (Lipinski definition) is 2. The van der Waals surface area contributed by atoms with Crippen LogP contribution in [0.5, 0.6) is 11.5 Å². The average Bonchev–Trinajstić information content (AvgIpc) is 3.37. The summed E-state index contributed by atoms with van der Waals surface area (Å²) in [6.07, 6.45) is 2.66. The van der Waals surface area contributed by atoms with Gasteiger partial charge in [-0.05, 0) is 73.2 Å². The van der Waals surface area contributed by atoms with Crippen molar-refractivity contribution in [1.82, 2.24) is 4.98 Å². The molecule has 7 nitrogen and oxygen atoms in total. The molecule has 0 amide bonds. The molecular formula is C25H25NO6S. The number of thiazole rings is 1. The number of rotatable bonds is 10. The number of hydrogen-bond acceptors (Lipinski definition) is 6. The van der Waals surface area contributed by atoms with E-state index < -0.39 is 11.9 Å². The lowest BCUT2D eigenvalue weighted by Crippen LogP contribution is -2.05. The van der Waals surface area contributed by atoms with E-state index in [2.05, 4.69) is 4.98 Å². The number of nitrogens with zero attached hydrogens (tertiary/aromatic N) is 1. The van der Waals surface area contributed by atoms with E-state index in [1.165, 1.54) is 5.56 Å². The molecule has 33 heavy (non-hydrogen) atoms. The highest BCUT2D eigenvalue weighted by Gasteiger charge is 2.24. The quantitative estimate of drug-likeness (QED) is 0.396. The molecule has 0 radical (unpaired) electrons. The zero-order chi connectivity index (χ0) is 23.4. The molecular weight excluding hydrogens is 442 g/mol. The van der Waals surface area contributed by atoms with Crippen LogP contribution in [0.4, 0.5) is 0 Å². The minimum Gasteiger partial charge on any atom is -0.493 e. The second-order valence-corrected chi connectivity index (χ2v) is 9.01. The van der Waals surface area contributed by atoms with E-state index in [0.29, 0.717) is 30.3 Å². The molecule has 3 aromatic rings. The normalized spacial score (nSPS) is 14.6. The van der Waals surface area contributed by atoms with Crippen molar-refractivity contribution in [3.63, 3.8) is 0 Å². The SMILES string of the molecule is Cc1nc(-c2ccc(OCCCOc3ccc4c(c3)CC[C@H]4CC(=O)O)cc2)sc1C(=O)O. The van der Waals surface area contributed by atoms with Crippen molar-refractivity contribution in [3.8, 4) is 22.1 Å². The van der Waals surface area contributed by atoms with Crippen LogP contribution in [0.1, 0.15) is 51.7 Å². The first kappa shape index (κ1) is 22.8. The van der Waals surface area contributed by atoms with Gasteiger partial charge in [-0.25, -0.2) is 9.78 Å². The van der Waals surface area contributed by atoms with Crippen LogP contribution in [-0.2, 0) is 11.2 Å². The minimum atomic E-state index is -0.958. The number of benzene rings is 2. The predicted octanol–water partition coefficient (Wildman–Crippen LogP) is 5.17. The van der Waals surface area contributed by atoms with Gasteiger partial charge in [0.05, 0.1) is 25.3 Å². The Morgan fingerprint density at radius 1 is 1.06 bits per heavy atom. The van der Waals surface area contributed by atoms with Gasteiger partial charge in [-0.2, -0.15) is 0 Å². The van der Waals surface area contributed by atoms with Crippen molar-refractivity contribution in [2.45, 2.75) is 38.5 Å². The molecule has 2 N–H and O–H groups in total. The monoisotopic (exact) mass is 467 g/mol. The van der Waals surface area contributed by atoms with Gasteiger partial charge in [-0.1, -0.05) is 6.07 Å². The van der Waals surface area contributed by atoms with Crippen molar-refractivity contribution in [1.29, 1.82) is 0 Å². The average molecular weight is 468 g/mol. The Morgan fingerprint density at radius 3 is 2.42 bits per heavy atom. The molecule has 1 heterocycles. The second-order valence-electron chi connectivity index (χ2n) is 8.01. The number of aromatic carboxylic acids is 1. The van der Waals surface area contributed by atoms with Gasteiger partial charge in [0.1, 0.15) is 21.4 Å². The van der Waals surface area contributed by atoms with Crippen LogP contribution in [-0.4, -0.2) is 40.3 Å². The van der Waals surface area contributed by atoms with Gasteiger partial charge in [-0.3, -0.25) is 4.79 Å². The Kier molecular flexibility index (Phi) is 6.93. The van der Waals surface area contributed by atoms with E-state index in [1.807, 2.05) is 42.5 Å². The standard InChI is InChI=1S/C25H25NO6S/c1-15-23(25(29)30)33-24(26-15)16-5-7-19(8-6-16)31-11-2-12-32-20-9-10-21-17(13-20)3-4-18(21)14-22(27)28/h5-10,13,18H,2-4,11-12,14H2,1H3,(H,27,28)(H,29,30)/t18-/m0/s1.